The van der Waals surface area contributed by atoms with Gasteiger partial charge in [-0.15, -0.1) is 0 Å². The van der Waals surface area contributed by atoms with Crippen LogP contribution in [0.4, 0.5) is 18.9 Å². The van der Waals surface area contributed by atoms with E-state index in [1.54, 1.807) is 0 Å². The number of phenols is 1. The smallest absolute Gasteiger partial charge is 0.416 e. The minimum atomic E-state index is -4.56. The number of amides is 1. The number of hydrogen-bond acceptors (Lipinski definition) is 5. The third-order valence-electron chi connectivity index (χ3n) is 3.77. The number of carbonyl (C=O) groups excluding carboxylic acids is 1. The lowest BCUT2D eigenvalue weighted by Crippen LogP contribution is -2.27. The normalized spacial score (nSPS) is 16.1. The first-order chi connectivity index (χ1) is 13.1. The maximum absolute atomic E-state index is 12.9. The van der Waals surface area contributed by atoms with Crippen LogP contribution in [0, 0.1) is 0 Å². The lowest BCUT2D eigenvalue weighted by molar-refractivity contribution is -0.137. The van der Waals surface area contributed by atoms with Gasteiger partial charge in [-0.25, -0.2) is 4.79 Å². The molecule has 144 valence electrons. The lowest BCUT2D eigenvalue weighted by atomic mass is 10.1. The SMILES string of the molecule is O=C(O)c1cc(/C=C2/SC(=S)N(c3cccc(C(F)(F)F)c3)C2=O)ccc1O. The minimum absolute atomic E-state index is 0.0161. The van der Waals surface area contributed by atoms with Gasteiger partial charge in [0.2, 0.25) is 0 Å². The topological polar surface area (TPSA) is 77.8 Å². The molecule has 3 rings (SSSR count). The van der Waals surface area contributed by atoms with Gasteiger partial charge < -0.3 is 10.2 Å². The number of carboxylic acid groups (broad SMARTS) is 1. The number of anilines is 1. The second kappa shape index (κ2) is 7.28. The molecule has 2 aromatic rings. The summed E-state index contributed by atoms with van der Waals surface area (Å²) < 4.78 is 38.8. The van der Waals surface area contributed by atoms with Crippen LogP contribution in [0.15, 0.2) is 47.4 Å². The van der Waals surface area contributed by atoms with Crippen LogP contribution in [-0.2, 0) is 11.0 Å². The van der Waals surface area contributed by atoms with Crippen LogP contribution >= 0.6 is 24.0 Å². The number of thioether (sulfide) groups is 1. The Labute approximate surface area is 166 Å². The van der Waals surface area contributed by atoms with Gasteiger partial charge in [-0.1, -0.05) is 36.1 Å². The molecule has 0 radical (unpaired) electrons. The van der Waals surface area contributed by atoms with Crippen LogP contribution in [0.5, 0.6) is 5.75 Å². The zero-order valence-electron chi connectivity index (χ0n) is 13.7. The Hall–Kier alpha value is -2.85. The van der Waals surface area contributed by atoms with Crippen LogP contribution < -0.4 is 4.90 Å². The van der Waals surface area contributed by atoms with E-state index >= 15 is 0 Å². The summed E-state index contributed by atoms with van der Waals surface area (Å²) >= 11 is 6.01. The molecule has 28 heavy (non-hydrogen) atoms. The van der Waals surface area contributed by atoms with Gasteiger partial charge >= 0.3 is 12.1 Å². The second-order valence-electron chi connectivity index (χ2n) is 5.65. The highest BCUT2D eigenvalue weighted by atomic mass is 32.2. The average Bonchev–Trinajstić information content (AvgIpc) is 2.89. The quantitative estimate of drug-likeness (QED) is 0.556. The molecule has 0 bridgehead atoms. The first kappa shape index (κ1) is 19.9. The van der Waals surface area contributed by atoms with E-state index in [0.717, 1.165) is 28.8 Å². The third-order valence-corrected chi connectivity index (χ3v) is 5.08. The van der Waals surface area contributed by atoms with Crippen LogP contribution in [0.25, 0.3) is 6.08 Å². The Morgan fingerprint density at radius 2 is 1.89 bits per heavy atom. The van der Waals surface area contributed by atoms with Crippen LogP contribution in [-0.4, -0.2) is 26.4 Å². The summed E-state index contributed by atoms with van der Waals surface area (Å²) in [5.41, 5.74) is -0.952. The highest BCUT2D eigenvalue weighted by Crippen LogP contribution is 2.38. The summed E-state index contributed by atoms with van der Waals surface area (Å²) in [5, 5.41) is 18.6. The van der Waals surface area contributed by atoms with E-state index in [0.29, 0.717) is 5.56 Å². The molecule has 10 heteroatoms. The number of thiocarbonyl (C=S) groups is 1. The number of nitrogens with zero attached hydrogens (tertiary/aromatic N) is 1. The molecule has 1 heterocycles. The average molecular weight is 425 g/mol. The fourth-order valence-electron chi connectivity index (χ4n) is 2.48. The molecule has 2 aromatic carbocycles. The van der Waals surface area contributed by atoms with E-state index < -0.39 is 29.4 Å². The molecule has 0 spiro atoms. The number of hydrogen-bond donors (Lipinski definition) is 2. The number of carbonyl (C=O) groups is 2. The summed E-state index contributed by atoms with van der Waals surface area (Å²) in [4.78, 5) is 24.9. The van der Waals surface area contributed by atoms with Gasteiger partial charge in [0.1, 0.15) is 11.3 Å². The van der Waals surface area contributed by atoms with Crippen molar-refractivity contribution in [2.45, 2.75) is 6.18 Å². The molecule has 1 fully saturated rings. The molecule has 2 N–H and O–H groups in total. The van der Waals surface area contributed by atoms with E-state index in [2.05, 4.69) is 0 Å². The van der Waals surface area contributed by atoms with E-state index in [1.807, 2.05) is 0 Å². The highest BCUT2D eigenvalue weighted by Gasteiger charge is 2.36. The largest absolute Gasteiger partial charge is 0.507 e. The predicted octanol–water partition coefficient (Wildman–Crippen LogP) is 4.52. The third kappa shape index (κ3) is 3.87. The molecule has 1 aliphatic heterocycles. The Balaban J connectivity index is 1.96. The molecule has 1 saturated heterocycles. The van der Waals surface area contributed by atoms with E-state index in [-0.39, 0.29) is 20.5 Å². The fraction of sp³-hybridized carbons (Fsp3) is 0.0556. The zero-order valence-corrected chi connectivity index (χ0v) is 15.4. The van der Waals surface area contributed by atoms with Gasteiger partial charge in [0.05, 0.1) is 16.2 Å². The van der Waals surface area contributed by atoms with Crippen LogP contribution in [0.2, 0.25) is 0 Å². The maximum Gasteiger partial charge on any atom is 0.416 e. The van der Waals surface area contributed by atoms with Crippen molar-refractivity contribution >= 4 is 51.9 Å². The van der Waals surface area contributed by atoms with Gasteiger partial charge in [0.15, 0.2) is 4.32 Å². The first-order valence-electron chi connectivity index (χ1n) is 7.59. The summed E-state index contributed by atoms with van der Waals surface area (Å²) in [6.45, 7) is 0. The molecule has 5 nitrogen and oxygen atoms in total. The van der Waals surface area contributed by atoms with Crippen molar-refractivity contribution in [3.63, 3.8) is 0 Å². The number of aromatic carboxylic acids is 1. The van der Waals surface area contributed by atoms with Crippen molar-refractivity contribution in [3.05, 3.63) is 64.1 Å². The molecule has 0 saturated carbocycles. The minimum Gasteiger partial charge on any atom is -0.507 e. The molecule has 0 atom stereocenters. The summed E-state index contributed by atoms with van der Waals surface area (Å²) in [5.74, 6) is -2.40. The maximum atomic E-state index is 12.9. The summed E-state index contributed by atoms with van der Waals surface area (Å²) in [7, 11) is 0. The summed E-state index contributed by atoms with van der Waals surface area (Å²) in [6.07, 6.45) is -3.20. The van der Waals surface area contributed by atoms with Crippen molar-refractivity contribution < 1.29 is 33.0 Å². The Morgan fingerprint density at radius 1 is 1.18 bits per heavy atom. The lowest BCUT2D eigenvalue weighted by Gasteiger charge is -2.16. The van der Waals surface area contributed by atoms with E-state index in [4.69, 9.17) is 17.3 Å². The van der Waals surface area contributed by atoms with Crippen molar-refractivity contribution in [1.29, 1.82) is 0 Å². The number of carboxylic acids is 1. The first-order valence-corrected chi connectivity index (χ1v) is 8.82. The molecule has 0 aromatic heterocycles. The highest BCUT2D eigenvalue weighted by molar-refractivity contribution is 8.27. The van der Waals surface area contributed by atoms with Crippen molar-refractivity contribution in [2.75, 3.05) is 4.90 Å². The van der Waals surface area contributed by atoms with Crippen molar-refractivity contribution in [2.24, 2.45) is 0 Å². The van der Waals surface area contributed by atoms with Gasteiger partial charge in [-0.2, -0.15) is 13.2 Å². The zero-order chi connectivity index (χ0) is 20.6. The summed E-state index contributed by atoms with van der Waals surface area (Å²) in [6, 6.07) is 7.99. The monoisotopic (exact) mass is 425 g/mol. The van der Waals surface area contributed by atoms with Crippen LogP contribution in [0.1, 0.15) is 21.5 Å². The van der Waals surface area contributed by atoms with Crippen LogP contribution in [0.3, 0.4) is 0 Å². The molecule has 0 unspecified atom stereocenters. The fourth-order valence-corrected chi connectivity index (χ4v) is 3.78. The Morgan fingerprint density at radius 3 is 2.54 bits per heavy atom. The molecular formula is C18H10F3NO4S2. The van der Waals surface area contributed by atoms with Gasteiger partial charge in [-0.05, 0) is 42.0 Å². The molecular weight excluding hydrogens is 415 g/mol. The van der Waals surface area contributed by atoms with Gasteiger partial charge in [-0.3, -0.25) is 9.69 Å². The van der Waals surface area contributed by atoms with Crippen molar-refractivity contribution in [3.8, 4) is 5.75 Å². The van der Waals surface area contributed by atoms with E-state index in [9.17, 15) is 27.9 Å². The Bertz CT molecular complexity index is 1030. The number of alkyl halides is 3. The number of rotatable bonds is 3. The second-order valence-corrected chi connectivity index (χ2v) is 7.32. The number of halogens is 3. The van der Waals surface area contributed by atoms with E-state index in [1.165, 1.54) is 36.4 Å². The standard InChI is InChI=1S/C18H10F3NO4S2/c19-18(20,21)10-2-1-3-11(8-10)22-15(24)14(28-17(22)27)7-9-4-5-13(23)12(6-9)16(25)26/h1-8,23H,(H,25,26)/b14-7+. The Kier molecular flexibility index (Phi) is 5.18. The number of aromatic hydroxyl groups is 1. The number of benzene rings is 2. The van der Waals surface area contributed by atoms with Crippen molar-refractivity contribution in [1.82, 2.24) is 0 Å². The predicted molar refractivity (Wildman–Crippen MR) is 102 cm³/mol. The van der Waals surface area contributed by atoms with Gasteiger partial charge in [0, 0.05) is 0 Å². The van der Waals surface area contributed by atoms with Gasteiger partial charge in [0.25, 0.3) is 5.91 Å². The molecule has 1 amide bonds. The molecule has 1 aliphatic rings. The molecule has 0 aliphatic carbocycles.